The van der Waals surface area contributed by atoms with Crippen molar-refractivity contribution in [3.05, 3.63) is 0 Å². The van der Waals surface area contributed by atoms with E-state index in [1.165, 1.54) is 88.4 Å². The zero-order valence-corrected chi connectivity index (χ0v) is 17.0. The highest BCUT2D eigenvalue weighted by Gasteiger charge is 2.25. The van der Waals surface area contributed by atoms with Crippen LogP contribution in [0.1, 0.15) is 85.0 Å². The van der Waals surface area contributed by atoms with Crippen molar-refractivity contribution < 1.29 is 33.6 Å². The lowest BCUT2D eigenvalue weighted by atomic mass is 10.1. The van der Waals surface area contributed by atoms with Gasteiger partial charge in [0.25, 0.3) is 0 Å². The van der Waals surface area contributed by atoms with Crippen LogP contribution in [0.15, 0.2) is 0 Å². The summed E-state index contributed by atoms with van der Waals surface area (Å²) < 4.78 is 1.28. The Hall–Kier alpha value is 0.650. The molecule has 0 unspecified atom stereocenters. The third-order valence-electron chi connectivity index (χ3n) is 4.50. The number of unbranched alkanes of at least 4 members (excludes halogenated alkanes) is 6. The van der Waals surface area contributed by atoms with Gasteiger partial charge in [0.05, 0.1) is 26.2 Å². The minimum Gasteiger partial charge on any atom is -1.00 e. The molecule has 0 aliphatic heterocycles. The first-order chi connectivity index (χ1) is 9.74. The van der Waals surface area contributed by atoms with Gasteiger partial charge < -0.3 is 33.6 Å². The molecule has 0 aromatic heterocycles. The van der Waals surface area contributed by atoms with Crippen LogP contribution >= 0.6 is 0 Å². The van der Waals surface area contributed by atoms with Gasteiger partial charge in [0.15, 0.2) is 0 Å². The average Bonchev–Trinajstić information content (AvgIpc) is 2.46. The Morgan fingerprint density at radius 1 is 0.571 bits per heavy atom. The SMILES string of the molecule is CCCCC[N+](CCCO)(CCCCC)CCCCC.[I-]. The molecule has 0 spiro atoms. The van der Waals surface area contributed by atoms with Crippen LogP contribution < -0.4 is 24.0 Å². The first kappa shape index (κ1) is 23.9. The Kier molecular flexibility index (Phi) is 19.4. The van der Waals surface area contributed by atoms with Crippen molar-refractivity contribution in [3.63, 3.8) is 0 Å². The molecule has 0 rings (SSSR count). The number of hydrogen-bond acceptors (Lipinski definition) is 1. The van der Waals surface area contributed by atoms with E-state index < -0.39 is 0 Å². The van der Waals surface area contributed by atoms with E-state index in [2.05, 4.69) is 20.8 Å². The molecule has 130 valence electrons. The highest BCUT2D eigenvalue weighted by molar-refractivity contribution is 4.51. The molecule has 0 radical (unpaired) electrons. The second-order valence-electron chi connectivity index (χ2n) is 6.43. The predicted molar refractivity (Wildman–Crippen MR) is 90.0 cm³/mol. The monoisotopic (exact) mass is 413 g/mol. The summed E-state index contributed by atoms with van der Waals surface area (Å²) in [6.45, 7) is 12.4. The first-order valence-electron chi connectivity index (χ1n) is 9.20. The van der Waals surface area contributed by atoms with E-state index in [1.807, 2.05) is 0 Å². The predicted octanol–water partition coefficient (Wildman–Crippen LogP) is 1.76. The van der Waals surface area contributed by atoms with Crippen LogP contribution in [0.4, 0.5) is 0 Å². The van der Waals surface area contributed by atoms with Crippen molar-refractivity contribution in [1.29, 1.82) is 0 Å². The number of rotatable bonds is 15. The first-order valence-corrected chi connectivity index (χ1v) is 9.20. The Bertz CT molecular complexity index is 173. The zero-order chi connectivity index (χ0) is 15.1. The Balaban J connectivity index is 0. The molecule has 0 heterocycles. The van der Waals surface area contributed by atoms with Gasteiger partial charge in [-0.15, -0.1) is 0 Å². The van der Waals surface area contributed by atoms with Crippen molar-refractivity contribution in [2.75, 3.05) is 32.8 Å². The second kappa shape index (κ2) is 17.0. The number of halogens is 1. The summed E-state index contributed by atoms with van der Waals surface area (Å²) in [5.41, 5.74) is 0. The largest absolute Gasteiger partial charge is 1.00 e. The molecule has 3 heteroatoms. The van der Waals surface area contributed by atoms with Gasteiger partial charge in [-0.25, -0.2) is 0 Å². The fourth-order valence-corrected chi connectivity index (χ4v) is 3.17. The van der Waals surface area contributed by atoms with Gasteiger partial charge in [-0.3, -0.25) is 0 Å². The molecule has 21 heavy (non-hydrogen) atoms. The molecule has 2 nitrogen and oxygen atoms in total. The minimum atomic E-state index is 0. The second-order valence-corrected chi connectivity index (χ2v) is 6.43. The maximum Gasteiger partial charge on any atom is 0.0808 e. The molecule has 0 aliphatic carbocycles. The highest BCUT2D eigenvalue weighted by Crippen LogP contribution is 2.17. The van der Waals surface area contributed by atoms with Gasteiger partial charge in [0.2, 0.25) is 0 Å². The maximum atomic E-state index is 9.23. The van der Waals surface area contributed by atoms with Gasteiger partial charge in [-0.1, -0.05) is 40.0 Å². The van der Waals surface area contributed by atoms with Crippen LogP contribution in [0.2, 0.25) is 0 Å². The smallest absolute Gasteiger partial charge is 0.0808 e. The van der Waals surface area contributed by atoms with E-state index in [-0.39, 0.29) is 24.0 Å². The fourth-order valence-electron chi connectivity index (χ4n) is 3.17. The summed E-state index contributed by atoms with van der Waals surface area (Å²) in [5, 5.41) is 9.23. The zero-order valence-electron chi connectivity index (χ0n) is 14.9. The maximum absolute atomic E-state index is 9.23. The van der Waals surface area contributed by atoms with Crippen molar-refractivity contribution >= 4 is 0 Å². The molecule has 0 saturated heterocycles. The lowest BCUT2D eigenvalue weighted by Crippen LogP contribution is -3.00. The summed E-state index contributed by atoms with van der Waals surface area (Å²) in [4.78, 5) is 0. The highest BCUT2D eigenvalue weighted by atomic mass is 127. The summed E-state index contributed by atoms with van der Waals surface area (Å²) in [7, 11) is 0. The lowest BCUT2D eigenvalue weighted by Gasteiger charge is -2.39. The summed E-state index contributed by atoms with van der Waals surface area (Å²) in [6.07, 6.45) is 13.1. The topological polar surface area (TPSA) is 20.2 Å². The number of aliphatic hydroxyl groups excluding tert-OH is 1. The van der Waals surface area contributed by atoms with Crippen molar-refractivity contribution in [2.24, 2.45) is 0 Å². The molecule has 1 N–H and O–H groups in total. The Morgan fingerprint density at radius 3 is 1.19 bits per heavy atom. The van der Waals surface area contributed by atoms with E-state index in [1.54, 1.807) is 0 Å². The standard InChI is InChI=1S/C18H40NO.HI/c1-4-7-10-14-19(17-13-18-20,15-11-8-5-2)16-12-9-6-3;/h20H,4-18H2,1-3H3;1H/q+1;/p-1. The molecule has 0 bridgehead atoms. The normalized spacial score (nSPS) is 11.4. The van der Waals surface area contributed by atoms with Crippen LogP contribution in [0.25, 0.3) is 0 Å². The molecule has 0 aromatic carbocycles. The van der Waals surface area contributed by atoms with Crippen molar-refractivity contribution in [3.8, 4) is 0 Å². The number of hydrogen-bond donors (Lipinski definition) is 1. The molecule has 0 aromatic rings. The van der Waals surface area contributed by atoms with Gasteiger partial charge in [0, 0.05) is 13.0 Å². The van der Waals surface area contributed by atoms with Crippen LogP contribution in [-0.2, 0) is 0 Å². The molecular weight excluding hydrogens is 373 g/mol. The van der Waals surface area contributed by atoms with Gasteiger partial charge >= 0.3 is 0 Å². The van der Waals surface area contributed by atoms with E-state index in [9.17, 15) is 5.11 Å². The van der Waals surface area contributed by atoms with Crippen LogP contribution in [0.5, 0.6) is 0 Å². The van der Waals surface area contributed by atoms with Gasteiger partial charge in [-0.2, -0.15) is 0 Å². The van der Waals surface area contributed by atoms with E-state index in [0.29, 0.717) is 6.61 Å². The number of aliphatic hydroxyl groups is 1. The molecule has 0 saturated carbocycles. The van der Waals surface area contributed by atoms with E-state index in [0.717, 1.165) is 6.42 Å². The van der Waals surface area contributed by atoms with Gasteiger partial charge in [0.1, 0.15) is 0 Å². The molecule has 0 amide bonds. The molecular formula is C18H40INO. The van der Waals surface area contributed by atoms with E-state index in [4.69, 9.17) is 0 Å². The lowest BCUT2D eigenvalue weighted by molar-refractivity contribution is -0.929. The Morgan fingerprint density at radius 2 is 0.905 bits per heavy atom. The van der Waals surface area contributed by atoms with Gasteiger partial charge in [-0.05, 0) is 38.5 Å². The molecule has 0 aliphatic rings. The summed E-state index contributed by atoms with van der Waals surface area (Å²) in [5.74, 6) is 0. The molecule has 0 fully saturated rings. The van der Waals surface area contributed by atoms with Crippen LogP contribution in [-0.4, -0.2) is 42.4 Å². The van der Waals surface area contributed by atoms with Crippen LogP contribution in [0, 0.1) is 0 Å². The Labute approximate surface area is 151 Å². The molecule has 0 atom stereocenters. The minimum absolute atomic E-state index is 0. The summed E-state index contributed by atoms with van der Waals surface area (Å²) >= 11 is 0. The third-order valence-corrected chi connectivity index (χ3v) is 4.50. The quantitative estimate of drug-likeness (QED) is 0.247. The fraction of sp³-hybridized carbons (Fsp3) is 1.00. The van der Waals surface area contributed by atoms with Crippen molar-refractivity contribution in [2.45, 2.75) is 85.0 Å². The van der Waals surface area contributed by atoms with Crippen molar-refractivity contribution in [1.82, 2.24) is 0 Å². The number of nitrogens with zero attached hydrogens (tertiary/aromatic N) is 1. The third kappa shape index (κ3) is 12.8. The van der Waals surface area contributed by atoms with E-state index >= 15 is 0 Å². The number of quaternary nitrogens is 1. The average molecular weight is 413 g/mol. The summed E-state index contributed by atoms with van der Waals surface area (Å²) in [6, 6.07) is 0. The van der Waals surface area contributed by atoms with Crippen LogP contribution in [0.3, 0.4) is 0 Å².